The molecule has 1 aromatic rings. The summed E-state index contributed by atoms with van der Waals surface area (Å²) >= 11 is 3.15. The lowest BCUT2D eigenvalue weighted by molar-refractivity contribution is 0.282. The number of nitrogen functional groups attached to an aromatic ring is 1. The van der Waals surface area contributed by atoms with E-state index in [4.69, 9.17) is 10.8 Å². The molecule has 0 fully saturated rings. The van der Waals surface area contributed by atoms with Gasteiger partial charge in [-0.05, 0) is 22.0 Å². The van der Waals surface area contributed by atoms with Crippen molar-refractivity contribution in [2.75, 3.05) is 5.73 Å². The number of aromatic nitrogens is 1. The van der Waals surface area contributed by atoms with Crippen molar-refractivity contribution in [1.82, 2.24) is 4.98 Å². The van der Waals surface area contributed by atoms with Crippen LogP contribution in [-0.4, -0.2) is 10.1 Å². The first-order valence-electron chi connectivity index (χ1n) is 2.75. The van der Waals surface area contributed by atoms with Crippen LogP contribution in [0.2, 0.25) is 0 Å². The van der Waals surface area contributed by atoms with E-state index in [1.165, 1.54) is 0 Å². The zero-order valence-electron chi connectivity index (χ0n) is 5.21. The first-order chi connectivity index (χ1) is 4.74. The van der Waals surface area contributed by atoms with Crippen LogP contribution in [0, 0.1) is 0 Å². The number of nitrogens with two attached hydrogens (primary N) is 1. The van der Waals surface area contributed by atoms with E-state index >= 15 is 0 Å². The van der Waals surface area contributed by atoms with Crippen molar-refractivity contribution in [2.24, 2.45) is 0 Å². The molecule has 4 heteroatoms. The summed E-state index contributed by atoms with van der Waals surface area (Å²) in [6, 6.07) is 1.66. The maximum atomic E-state index is 8.67. The smallest absolute Gasteiger partial charge is 0.108 e. The summed E-state index contributed by atoms with van der Waals surface area (Å²) < 4.78 is 0.683. The average Bonchev–Trinajstić information content (AvgIpc) is 1.88. The molecule has 0 unspecified atom stereocenters. The van der Waals surface area contributed by atoms with Gasteiger partial charge in [0.1, 0.15) is 4.60 Å². The Labute approximate surface area is 67.0 Å². The van der Waals surface area contributed by atoms with Crippen LogP contribution in [0.1, 0.15) is 5.56 Å². The first kappa shape index (κ1) is 7.50. The molecule has 3 nitrogen and oxygen atoms in total. The van der Waals surface area contributed by atoms with Crippen LogP contribution in [0.15, 0.2) is 16.9 Å². The highest BCUT2D eigenvalue weighted by atomic mass is 79.9. The summed E-state index contributed by atoms with van der Waals surface area (Å²) in [7, 11) is 0. The number of pyridine rings is 1. The quantitative estimate of drug-likeness (QED) is 0.667. The van der Waals surface area contributed by atoms with Crippen molar-refractivity contribution >= 4 is 21.6 Å². The van der Waals surface area contributed by atoms with Crippen LogP contribution in [-0.2, 0) is 6.61 Å². The summed E-state index contributed by atoms with van der Waals surface area (Å²) in [6.07, 6.45) is 1.54. The van der Waals surface area contributed by atoms with Crippen LogP contribution in [0.5, 0.6) is 0 Å². The van der Waals surface area contributed by atoms with E-state index in [0.717, 1.165) is 0 Å². The highest BCUT2D eigenvalue weighted by Gasteiger charge is 1.97. The fourth-order valence-electron chi connectivity index (χ4n) is 0.605. The maximum absolute atomic E-state index is 8.67. The molecule has 0 aliphatic rings. The zero-order chi connectivity index (χ0) is 7.56. The molecule has 0 bridgehead atoms. The van der Waals surface area contributed by atoms with Crippen LogP contribution in [0.4, 0.5) is 5.69 Å². The normalized spacial score (nSPS) is 9.80. The minimum Gasteiger partial charge on any atom is -0.398 e. The van der Waals surface area contributed by atoms with Crippen molar-refractivity contribution in [3.8, 4) is 0 Å². The fraction of sp³-hybridized carbons (Fsp3) is 0.167. The molecule has 1 heterocycles. The van der Waals surface area contributed by atoms with E-state index in [1.54, 1.807) is 12.3 Å². The largest absolute Gasteiger partial charge is 0.398 e. The van der Waals surface area contributed by atoms with Gasteiger partial charge < -0.3 is 10.8 Å². The molecule has 0 radical (unpaired) electrons. The predicted molar refractivity (Wildman–Crippen MR) is 42.3 cm³/mol. The highest BCUT2D eigenvalue weighted by Crippen LogP contribution is 2.14. The Morgan fingerprint density at radius 1 is 1.70 bits per heavy atom. The van der Waals surface area contributed by atoms with Gasteiger partial charge in [0.2, 0.25) is 0 Å². The number of nitrogens with zero attached hydrogens (tertiary/aromatic N) is 1. The Balaban J connectivity index is 3.07. The summed E-state index contributed by atoms with van der Waals surface area (Å²) in [6.45, 7) is -0.0634. The molecule has 3 N–H and O–H groups in total. The van der Waals surface area contributed by atoms with E-state index in [9.17, 15) is 0 Å². The third-order valence-electron chi connectivity index (χ3n) is 1.16. The fourth-order valence-corrected chi connectivity index (χ4v) is 0.954. The van der Waals surface area contributed by atoms with Crippen LogP contribution in [0.3, 0.4) is 0 Å². The standard InChI is InChI=1S/C6H7BrN2O/c7-6-1-5(8)4(3-10)2-9-6/h1-2,10H,3H2,(H2,8,9). The van der Waals surface area contributed by atoms with E-state index in [0.29, 0.717) is 15.9 Å². The molecule has 1 aromatic heterocycles. The van der Waals surface area contributed by atoms with Crippen molar-refractivity contribution < 1.29 is 5.11 Å². The molecule has 0 aliphatic heterocycles. The first-order valence-corrected chi connectivity index (χ1v) is 3.54. The Hall–Kier alpha value is -0.610. The van der Waals surface area contributed by atoms with Gasteiger partial charge >= 0.3 is 0 Å². The van der Waals surface area contributed by atoms with Gasteiger partial charge in [0.05, 0.1) is 6.61 Å². The van der Waals surface area contributed by atoms with Crippen molar-refractivity contribution in [3.05, 3.63) is 22.4 Å². The Bertz CT molecular complexity index is 239. The molecule has 1 rings (SSSR count). The lowest BCUT2D eigenvalue weighted by Gasteiger charge is -1.99. The summed E-state index contributed by atoms with van der Waals surface area (Å²) in [5.41, 5.74) is 6.72. The molecule has 54 valence electrons. The van der Waals surface area contributed by atoms with Crippen LogP contribution >= 0.6 is 15.9 Å². The summed E-state index contributed by atoms with van der Waals surface area (Å²) in [5, 5.41) is 8.67. The lowest BCUT2D eigenvalue weighted by atomic mass is 10.2. The van der Waals surface area contributed by atoms with Gasteiger partial charge in [0.15, 0.2) is 0 Å². The zero-order valence-corrected chi connectivity index (χ0v) is 6.80. The molecular formula is C6H7BrN2O. The Kier molecular flexibility index (Phi) is 2.24. The summed E-state index contributed by atoms with van der Waals surface area (Å²) in [5.74, 6) is 0. The van der Waals surface area contributed by atoms with Gasteiger partial charge in [-0.1, -0.05) is 0 Å². The maximum Gasteiger partial charge on any atom is 0.108 e. The molecule has 0 spiro atoms. The van der Waals surface area contributed by atoms with Gasteiger partial charge in [0, 0.05) is 17.4 Å². The third-order valence-corrected chi connectivity index (χ3v) is 1.59. The molecule has 0 aromatic carbocycles. The number of anilines is 1. The second kappa shape index (κ2) is 2.98. The molecule has 10 heavy (non-hydrogen) atoms. The molecule has 0 aliphatic carbocycles. The van der Waals surface area contributed by atoms with Crippen LogP contribution < -0.4 is 5.73 Å². The van der Waals surface area contributed by atoms with E-state index in [-0.39, 0.29) is 6.61 Å². The molecule has 0 atom stereocenters. The highest BCUT2D eigenvalue weighted by molar-refractivity contribution is 9.10. The van der Waals surface area contributed by atoms with Gasteiger partial charge in [0.25, 0.3) is 0 Å². The molecule has 0 saturated heterocycles. The number of aliphatic hydroxyl groups excluding tert-OH is 1. The number of halogens is 1. The van der Waals surface area contributed by atoms with Crippen molar-refractivity contribution in [3.63, 3.8) is 0 Å². The Morgan fingerprint density at radius 2 is 2.40 bits per heavy atom. The lowest BCUT2D eigenvalue weighted by Crippen LogP contribution is -1.94. The second-order valence-electron chi connectivity index (χ2n) is 1.86. The minimum absolute atomic E-state index is 0.0634. The number of hydrogen-bond donors (Lipinski definition) is 2. The summed E-state index contributed by atoms with van der Waals surface area (Å²) in [4.78, 5) is 3.89. The number of rotatable bonds is 1. The SMILES string of the molecule is Nc1cc(Br)ncc1CO. The van der Waals surface area contributed by atoms with Gasteiger partial charge in [-0.2, -0.15) is 0 Å². The van der Waals surface area contributed by atoms with Gasteiger partial charge in [-0.25, -0.2) is 4.98 Å². The molecular weight excluding hydrogens is 196 g/mol. The monoisotopic (exact) mass is 202 g/mol. The third kappa shape index (κ3) is 1.46. The molecule has 0 saturated carbocycles. The number of aliphatic hydroxyl groups is 1. The van der Waals surface area contributed by atoms with E-state index < -0.39 is 0 Å². The predicted octanol–water partition coefficient (Wildman–Crippen LogP) is 0.919. The van der Waals surface area contributed by atoms with Crippen molar-refractivity contribution in [1.29, 1.82) is 0 Å². The topological polar surface area (TPSA) is 59.1 Å². The van der Waals surface area contributed by atoms with E-state index in [2.05, 4.69) is 20.9 Å². The number of hydrogen-bond acceptors (Lipinski definition) is 3. The minimum atomic E-state index is -0.0634. The van der Waals surface area contributed by atoms with Crippen LogP contribution in [0.25, 0.3) is 0 Å². The Morgan fingerprint density at radius 3 is 2.90 bits per heavy atom. The van der Waals surface area contributed by atoms with E-state index in [1.807, 2.05) is 0 Å². The van der Waals surface area contributed by atoms with Gasteiger partial charge in [-0.3, -0.25) is 0 Å². The van der Waals surface area contributed by atoms with Crippen molar-refractivity contribution in [2.45, 2.75) is 6.61 Å². The second-order valence-corrected chi connectivity index (χ2v) is 2.68. The average molecular weight is 203 g/mol. The molecule has 0 amide bonds. The van der Waals surface area contributed by atoms with Gasteiger partial charge in [-0.15, -0.1) is 0 Å².